The van der Waals surface area contributed by atoms with Gasteiger partial charge in [0, 0.05) is 0 Å². The molecule has 2 aliphatic rings. The van der Waals surface area contributed by atoms with Crippen LogP contribution in [0.2, 0.25) is 0 Å². The van der Waals surface area contributed by atoms with Gasteiger partial charge in [0.1, 0.15) is 0 Å². The standard InChI is InChI=1S/C31H22Si/c1-3-12-24(13-4-1)32(25-14-5-2-6-15-25)28-18-10-9-17-27(28)31-29(32)20-19-23-21-22-11-7-8-16-26(22)30(23)31/h1-20H,21H2. The summed E-state index contributed by atoms with van der Waals surface area (Å²) in [4.78, 5) is 0. The van der Waals surface area contributed by atoms with Crippen LogP contribution in [0.5, 0.6) is 0 Å². The normalized spacial score (nSPS) is 14.4. The van der Waals surface area contributed by atoms with Gasteiger partial charge in [-0.25, -0.2) is 0 Å². The average Bonchev–Trinajstić information content (AvgIpc) is 3.39. The second-order valence-corrected chi connectivity index (χ2v) is 12.6. The fourth-order valence-corrected chi connectivity index (χ4v) is 11.3. The quantitative estimate of drug-likeness (QED) is 0.357. The molecule has 0 fully saturated rings. The summed E-state index contributed by atoms with van der Waals surface area (Å²) < 4.78 is 0. The van der Waals surface area contributed by atoms with E-state index >= 15 is 0 Å². The summed E-state index contributed by atoms with van der Waals surface area (Å²) in [5, 5.41) is 5.98. The fourth-order valence-electron chi connectivity index (χ4n) is 6.15. The lowest BCUT2D eigenvalue weighted by Gasteiger charge is -2.31. The molecule has 0 N–H and O–H groups in total. The monoisotopic (exact) mass is 422 g/mol. The zero-order chi connectivity index (χ0) is 21.1. The zero-order valence-corrected chi connectivity index (χ0v) is 18.8. The van der Waals surface area contributed by atoms with Crippen molar-refractivity contribution in [1.82, 2.24) is 0 Å². The van der Waals surface area contributed by atoms with Gasteiger partial charge in [0.2, 0.25) is 0 Å². The van der Waals surface area contributed by atoms with Crippen LogP contribution in [0.25, 0.3) is 22.3 Å². The molecule has 1 aliphatic heterocycles. The van der Waals surface area contributed by atoms with Gasteiger partial charge in [0.15, 0.2) is 8.07 Å². The molecule has 1 aliphatic carbocycles. The predicted octanol–water partition coefficient (Wildman–Crippen LogP) is 4.62. The molecule has 0 amide bonds. The van der Waals surface area contributed by atoms with Gasteiger partial charge >= 0.3 is 0 Å². The first-order valence-electron chi connectivity index (χ1n) is 11.3. The van der Waals surface area contributed by atoms with Crippen molar-refractivity contribution in [2.45, 2.75) is 6.42 Å². The van der Waals surface area contributed by atoms with Crippen molar-refractivity contribution in [2.24, 2.45) is 0 Å². The van der Waals surface area contributed by atoms with E-state index < -0.39 is 8.07 Å². The number of rotatable bonds is 2. The van der Waals surface area contributed by atoms with Crippen LogP contribution in [0.1, 0.15) is 11.1 Å². The van der Waals surface area contributed by atoms with Crippen molar-refractivity contribution in [1.29, 1.82) is 0 Å². The number of benzene rings is 5. The van der Waals surface area contributed by atoms with Gasteiger partial charge in [-0.05, 0) is 60.5 Å². The van der Waals surface area contributed by atoms with Crippen LogP contribution in [0.4, 0.5) is 0 Å². The summed E-state index contributed by atoms with van der Waals surface area (Å²) in [7, 11) is -2.39. The lowest BCUT2D eigenvalue weighted by atomic mass is 9.94. The molecule has 0 radical (unpaired) electrons. The molecule has 32 heavy (non-hydrogen) atoms. The molecule has 0 nitrogen and oxygen atoms in total. The summed E-state index contributed by atoms with van der Waals surface area (Å²) >= 11 is 0. The van der Waals surface area contributed by atoms with Crippen molar-refractivity contribution in [3.05, 3.63) is 132 Å². The SMILES string of the molecule is c1ccc([Si]2(c3ccccc3)c3ccccc3-c3c2ccc2c3-c3ccccc3C2)cc1. The van der Waals surface area contributed by atoms with E-state index in [0.29, 0.717) is 0 Å². The first-order chi connectivity index (χ1) is 15.9. The van der Waals surface area contributed by atoms with E-state index in [0.717, 1.165) is 6.42 Å². The minimum Gasteiger partial charge on any atom is -0.0623 e. The lowest BCUT2D eigenvalue weighted by molar-refractivity contribution is 1.27. The molecule has 5 aromatic carbocycles. The van der Waals surface area contributed by atoms with Crippen molar-refractivity contribution in [2.75, 3.05) is 0 Å². The van der Waals surface area contributed by atoms with E-state index in [1.54, 1.807) is 0 Å². The summed E-state index contributed by atoms with van der Waals surface area (Å²) in [6.07, 6.45) is 1.03. The summed E-state index contributed by atoms with van der Waals surface area (Å²) in [6, 6.07) is 45.5. The molecular weight excluding hydrogens is 400 g/mol. The third-order valence-electron chi connectivity index (χ3n) is 7.38. The van der Waals surface area contributed by atoms with Crippen molar-refractivity contribution in [3.8, 4) is 22.3 Å². The van der Waals surface area contributed by atoms with Gasteiger partial charge in [-0.2, -0.15) is 0 Å². The van der Waals surface area contributed by atoms with E-state index in [1.807, 2.05) is 0 Å². The van der Waals surface area contributed by atoms with Gasteiger partial charge in [-0.15, -0.1) is 0 Å². The Morgan fingerprint density at radius 1 is 0.406 bits per heavy atom. The van der Waals surface area contributed by atoms with Crippen LogP contribution in [-0.4, -0.2) is 8.07 Å². The van der Waals surface area contributed by atoms with E-state index in [-0.39, 0.29) is 0 Å². The molecule has 0 spiro atoms. The lowest BCUT2D eigenvalue weighted by Crippen LogP contribution is -2.72. The Balaban J connectivity index is 1.67. The summed E-state index contributed by atoms with van der Waals surface area (Å²) in [5.74, 6) is 0. The fraction of sp³-hybridized carbons (Fsp3) is 0.0323. The zero-order valence-electron chi connectivity index (χ0n) is 17.8. The van der Waals surface area contributed by atoms with Crippen LogP contribution >= 0.6 is 0 Å². The van der Waals surface area contributed by atoms with Gasteiger partial charge < -0.3 is 0 Å². The predicted molar refractivity (Wildman–Crippen MR) is 137 cm³/mol. The molecule has 1 heterocycles. The van der Waals surface area contributed by atoms with E-state index in [4.69, 9.17) is 0 Å². The maximum absolute atomic E-state index is 2.46. The van der Waals surface area contributed by atoms with Gasteiger partial charge in [0.05, 0.1) is 0 Å². The molecule has 0 unspecified atom stereocenters. The molecule has 1 heteroatoms. The molecule has 0 atom stereocenters. The van der Waals surface area contributed by atoms with Gasteiger partial charge in [-0.1, -0.05) is 121 Å². The van der Waals surface area contributed by atoms with Crippen molar-refractivity contribution in [3.63, 3.8) is 0 Å². The minimum atomic E-state index is -2.39. The molecule has 0 aromatic heterocycles. The Kier molecular flexibility index (Phi) is 3.73. The molecule has 0 bridgehead atoms. The highest BCUT2D eigenvalue weighted by Crippen LogP contribution is 2.44. The first kappa shape index (κ1) is 17.9. The largest absolute Gasteiger partial charge is 0.180 e. The smallest absolute Gasteiger partial charge is 0.0623 e. The molecule has 7 rings (SSSR count). The van der Waals surface area contributed by atoms with E-state index in [2.05, 4.69) is 121 Å². The number of hydrogen-bond acceptors (Lipinski definition) is 0. The molecule has 150 valence electrons. The Morgan fingerprint density at radius 2 is 1.00 bits per heavy atom. The molecular formula is C31H22Si. The number of hydrogen-bond donors (Lipinski definition) is 0. The van der Waals surface area contributed by atoms with Crippen LogP contribution in [0, 0.1) is 0 Å². The average molecular weight is 423 g/mol. The van der Waals surface area contributed by atoms with Crippen LogP contribution in [0.15, 0.2) is 121 Å². The highest BCUT2D eigenvalue weighted by atomic mass is 28.3. The second kappa shape index (κ2) is 6.66. The topological polar surface area (TPSA) is 0 Å². The van der Waals surface area contributed by atoms with E-state index in [1.165, 1.54) is 54.1 Å². The first-order valence-corrected chi connectivity index (χ1v) is 13.3. The van der Waals surface area contributed by atoms with Crippen molar-refractivity contribution >= 4 is 28.8 Å². The highest BCUT2D eigenvalue weighted by molar-refractivity contribution is 7.22. The summed E-state index contributed by atoms with van der Waals surface area (Å²) in [5.41, 5.74) is 8.70. The van der Waals surface area contributed by atoms with Gasteiger partial charge in [0.25, 0.3) is 0 Å². The maximum atomic E-state index is 2.46. The molecule has 0 saturated carbocycles. The highest BCUT2D eigenvalue weighted by Gasteiger charge is 2.49. The maximum Gasteiger partial charge on any atom is 0.180 e. The Hall–Kier alpha value is -3.68. The molecule has 5 aromatic rings. The molecule has 0 saturated heterocycles. The van der Waals surface area contributed by atoms with Crippen LogP contribution in [-0.2, 0) is 6.42 Å². The second-order valence-electron chi connectivity index (χ2n) is 8.88. The van der Waals surface area contributed by atoms with Gasteiger partial charge in [-0.3, -0.25) is 0 Å². The Bertz CT molecular complexity index is 1440. The van der Waals surface area contributed by atoms with Crippen LogP contribution < -0.4 is 20.7 Å². The Morgan fingerprint density at radius 3 is 1.72 bits per heavy atom. The minimum absolute atomic E-state index is 1.03. The van der Waals surface area contributed by atoms with E-state index in [9.17, 15) is 0 Å². The van der Waals surface area contributed by atoms with Crippen molar-refractivity contribution < 1.29 is 0 Å². The Labute approximate surface area is 189 Å². The third kappa shape index (κ3) is 2.21. The van der Waals surface area contributed by atoms with Crippen LogP contribution in [0.3, 0.4) is 0 Å². The third-order valence-corrected chi connectivity index (χ3v) is 12.2. The summed E-state index contributed by atoms with van der Waals surface area (Å²) in [6.45, 7) is 0. The number of fused-ring (bicyclic) bond motifs is 7.